The number of nitrogens with zero attached hydrogens (tertiary/aromatic N) is 2. The number of anilines is 1. The minimum Gasteiger partial charge on any atom is -0.457 e. The first-order chi connectivity index (χ1) is 10.7. The van der Waals surface area contributed by atoms with Gasteiger partial charge in [0.2, 0.25) is 0 Å². The van der Waals surface area contributed by atoms with Crippen molar-refractivity contribution in [2.75, 3.05) is 5.73 Å². The van der Waals surface area contributed by atoms with Crippen molar-refractivity contribution in [3.8, 4) is 11.5 Å². The largest absolute Gasteiger partial charge is 0.457 e. The van der Waals surface area contributed by atoms with Gasteiger partial charge < -0.3 is 10.5 Å². The maximum Gasteiger partial charge on any atom is 0.181 e. The average molecular weight is 327 g/mol. The van der Waals surface area contributed by atoms with Crippen LogP contribution in [-0.4, -0.2) is 9.97 Å². The highest BCUT2D eigenvalue weighted by Crippen LogP contribution is 2.32. The molecule has 0 amide bonds. The van der Waals surface area contributed by atoms with Crippen molar-refractivity contribution < 1.29 is 4.74 Å². The molecule has 0 saturated heterocycles. The van der Waals surface area contributed by atoms with Crippen LogP contribution in [0.15, 0.2) is 36.4 Å². The van der Waals surface area contributed by atoms with Crippen LogP contribution in [0.25, 0.3) is 20.4 Å². The number of nitrogen functional groups attached to an aromatic ring is 1. The van der Waals surface area contributed by atoms with Crippen LogP contribution in [-0.2, 0) is 6.42 Å². The third-order valence-electron chi connectivity index (χ3n) is 3.32. The van der Waals surface area contributed by atoms with Crippen molar-refractivity contribution in [3.05, 3.63) is 41.4 Å². The summed E-state index contributed by atoms with van der Waals surface area (Å²) in [4.78, 5) is 8.81. The van der Waals surface area contributed by atoms with Crippen molar-refractivity contribution in [2.24, 2.45) is 0 Å². The van der Waals surface area contributed by atoms with Gasteiger partial charge in [-0.3, -0.25) is 0 Å². The zero-order valence-electron chi connectivity index (χ0n) is 11.9. The van der Waals surface area contributed by atoms with Crippen molar-refractivity contribution in [2.45, 2.75) is 13.3 Å². The fraction of sp³-hybridized carbons (Fsp3) is 0.125. The molecular formula is C16H13N3OS2. The smallest absolute Gasteiger partial charge is 0.181 e. The van der Waals surface area contributed by atoms with E-state index in [1.807, 2.05) is 36.4 Å². The zero-order chi connectivity index (χ0) is 15.1. The quantitative estimate of drug-likeness (QED) is 0.585. The second-order valence-electron chi connectivity index (χ2n) is 4.87. The summed E-state index contributed by atoms with van der Waals surface area (Å²) in [5.74, 6) is 1.60. The lowest BCUT2D eigenvalue weighted by Crippen LogP contribution is -1.83. The molecule has 0 aliphatic rings. The van der Waals surface area contributed by atoms with Gasteiger partial charge in [0.05, 0.1) is 25.4 Å². The summed E-state index contributed by atoms with van der Waals surface area (Å²) >= 11 is 3.18. The maximum absolute atomic E-state index is 5.96. The summed E-state index contributed by atoms with van der Waals surface area (Å²) in [7, 11) is 0. The predicted molar refractivity (Wildman–Crippen MR) is 93.1 cm³/mol. The maximum atomic E-state index is 5.96. The molecule has 2 aromatic carbocycles. The molecule has 0 fully saturated rings. The van der Waals surface area contributed by atoms with Crippen LogP contribution < -0.4 is 10.5 Å². The minimum atomic E-state index is 0.574. The Labute approximate surface area is 135 Å². The SMILES string of the molecule is CCc1nc2ccc(Oc3ccc4nc(N)sc4c3)cc2s1. The lowest BCUT2D eigenvalue weighted by molar-refractivity contribution is 0.484. The van der Waals surface area contributed by atoms with E-state index in [9.17, 15) is 0 Å². The van der Waals surface area contributed by atoms with Crippen molar-refractivity contribution in [3.63, 3.8) is 0 Å². The fourth-order valence-corrected chi connectivity index (χ4v) is 3.99. The lowest BCUT2D eigenvalue weighted by Gasteiger charge is -2.05. The van der Waals surface area contributed by atoms with Gasteiger partial charge in [-0.2, -0.15) is 0 Å². The Morgan fingerprint density at radius 3 is 2.27 bits per heavy atom. The Morgan fingerprint density at radius 1 is 0.955 bits per heavy atom. The highest BCUT2D eigenvalue weighted by atomic mass is 32.1. The molecule has 110 valence electrons. The first-order valence-corrected chi connectivity index (χ1v) is 8.58. The molecule has 0 saturated carbocycles. The number of hydrogen-bond acceptors (Lipinski definition) is 6. The van der Waals surface area contributed by atoms with Crippen molar-refractivity contribution in [1.82, 2.24) is 9.97 Å². The van der Waals surface area contributed by atoms with Crippen LogP contribution in [0.3, 0.4) is 0 Å². The number of rotatable bonds is 3. The summed E-state index contributed by atoms with van der Waals surface area (Å²) in [6.45, 7) is 2.12. The van der Waals surface area contributed by atoms with E-state index in [-0.39, 0.29) is 0 Å². The normalized spacial score (nSPS) is 11.3. The van der Waals surface area contributed by atoms with Crippen LogP contribution in [0.5, 0.6) is 11.5 Å². The molecule has 4 aromatic rings. The van der Waals surface area contributed by atoms with E-state index in [1.165, 1.54) is 11.3 Å². The topological polar surface area (TPSA) is 61.0 Å². The highest BCUT2D eigenvalue weighted by Gasteiger charge is 2.07. The van der Waals surface area contributed by atoms with E-state index >= 15 is 0 Å². The van der Waals surface area contributed by atoms with Gasteiger partial charge in [-0.15, -0.1) is 11.3 Å². The molecule has 2 N–H and O–H groups in total. The number of thiazole rings is 2. The predicted octanol–water partition coefficient (Wildman–Crippen LogP) is 4.84. The van der Waals surface area contributed by atoms with Gasteiger partial charge in [0.25, 0.3) is 0 Å². The molecule has 6 heteroatoms. The molecular weight excluding hydrogens is 314 g/mol. The van der Waals surface area contributed by atoms with Gasteiger partial charge in [0.1, 0.15) is 11.5 Å². The van der Waals surface area contributed by atoms with Gasteiger partial charge in [-0.25, -0.2) is 9.97 Å². The number of nitrogens with two attached hydrogens (primary N) is 1. The highest BCUT2D eigenvalue weighted by molar-refractivity contribution is 7.22. The minimum absolute atomic E-state index is 0.574. The molecule has 0 bridgehead atoms. The summed E-state index contributed by atoms with van der Waals surface area (Å²) in [5.41, 5.74) is 7.66. The number of aromatic nitrogens is 2. The van der Waals surface area contributed by atoms with E-state index in [0.717, 1.165) is 43.4 Å². The first kappa shape index (κ1) is 13.5. The van der Waals surface area contributed by atoms with E-state index in [1.54, 1.807) is 11.3 Å². The Kier molecular flexibility index (Phi) is 3.20. The monoisotopic (exact) mass is 327 g/mol. The molecule has 4 nitrogen and oxygen atoms in total. The lowest BCUT2D eigenvalue weighted by atomic mass is 10.3. The summed E-state index contributed by atoms with van der Waals surface area (Å²) in [6.07, 6.45) is 0.957. The number of benzene rings is 2. The van der Waals surface area contributed by atoms with E-state index < -0.39 is 0 Å². The third kappa shape index (κ3) is 2.40. The third-order valence-corrected chi connectivity index (χ3v) is 5.33. The summed E-state index contributed by atoms with van der Waals surface area (Å²) < 4.78 is 8.14. The molecule has 0 spiro atoms. The molecule has 2 aromatic heterocycles. The molecule has 0 aliphatic carbocycles. The number of hydrogen-bond donors (Lipinski definition) is 1. The van der Waals surface area contributed by atoms with Gasteiger partial charge in [0.15, 0.2) is 5.13 Å². The Balaban J connectivity index is 1.68. The van der Waals surface area contributed by atoms with Gasteiger partial charge in [-0.05, 0) is 30.7 Å². The molecule has 0 atom stereocenters. The van der Waals surface area contributed by atoms with E-state index in [2.05, 4.69) is 16.9 Å². The summed E-state index contributed by atoms with van der Waals surface area (Å²) in [5, 5.41) is 1.72. The van der Waals surface area contributed by atoms with Crippen molar-refractivity contribution in [1.29, 1.82) is 0 Å². The average Bonchev–Trinajstić information content (AvgIpc) is 3.08. The molecule has 22 heavy (non-hydrogen) atoms. The van der Waals surface area contributed by atoms with Crippen LogP contribution in [0, 0.1) is 0 Å². The van der Waals surface area contributed by atoms with Crippen LogP contribution in [0.1, 0.15) is 11.9 Å². The standard InChI is InChI=1S/C16H13N3OS2/c1-2-15-18-11-5-3-9(7-13(11)21-15)20-10-4-6-12-14(8-10)22-16(17)19-12/h3-8H,2H2,1H3,(H2,17,19). The first-order valence-electron chi connectivity index (χ1n) is 6.94. The summed E-state index contributed by atoms with van der Waals surface area (Å²) in [6, 6.07) is 11.8. The molecule has 0 unspecified atom stereocenters. The van der Waals surface area contributed by atoms with Gasteiger partial charge >= 0.3 is 0 Å². The second kappa shape index (κ2) is 5.23. The van der Waals surface area contributed by atoms with Gasteiger partial charge in [-0.1, -0.05) is 18.3 Å². The number of fused-ring (bicyclic) bond motifs is 2. The van der Waals surface area contributed by atoms with Crippen LogP contribution in [0.4, 0.5) is 5.13 Å². The Morgan fingerprint density at radius 2 is 1.59 bits per heavy atom. The van der Waals surface area contributed by atoms with E-state index in [4.69, 9.17) is 10.5 Å². The number of ether oxygens (including phenoxy) is 1. The second-order valence-corrected chi connectivity index (χ2v) is 7.05. The Hall–Kier alpha value is -2.18. The molecule has 4 rings (SSSR count). The van der Waals surface area contributed by atoms with Crippen LogP contribution >= 0.6 is 22.7 Å². The molecule has 2 heterocycles. The molecule has 0 radical (unpaired) electrons. The number of aryl methyl sites for hydroxylation is 1. The Bertz CT molecular complexity index is 974. The van der Waals surface area contributed by atoms with Crippen molar-refractivity contribution >= 4 is 48.2 Å². The zero-order valence-corrected chi connectivity index (χ0v) is 13.5. The van der Waals surface area contributed by atoms with Crippen LogP contribution in [0.2, 0.25) is 0 Å². The fourth-order valence-electron chi connectivity index (χ4n) is 2.29. The molecule has 0 aliphatic heterocycles. The van der Waals surface area contributed by atoms with E-state index in [0.29, 0.717) is 5.13 Å². The van der Waals surface area contributed by atoms with Gasteiger partial charge in [0, 0.05) is 12.1 Å².